The summed E-state index contributed by atoms with van der Waals surface area (Å²) < 4.78 is 22.1. The van der Waals surface area contributed by atoms with Gasteiger partial charge >= 0.3 is 0 Å². The molecule has 5 nitrogen and oxygen atoms in total. The molecule has 0 aromatic carbocycles. The van der Waals surface area contributed by atoms with Crippen LogP contribution in [0, 0.1) is 5.92 Å². The SMILES string of the molecule is CC1NCCCC1C(=O)N(C)CCS(C)(=O)=O. The lowest BCUT2D eigenvalue weighted by atomic mass is 9.91. The Kier molecular flexibility index (Phi) is 4.94. The monoisotopic (exact) mass is 262 g/mol. The van der Waals surface area contributed by atoms with Crippen LogP contribution >= 0.6 is 0 Å². The third-order valence-electron chi connectivity index (χ3n) is 3.25. The quantitative estimate of drug-likeness (QED) is 0.767. The molecule has 1 fully saturated rings. The average Bonchev–Trinajstić information content (AvgIpc) is 2.24. The Morgan fingerprint density at radius 1 is 1.47 bits per heavy atom. The zero-order valence-electron chi connectivity index (χ0n) is 10.8. The Labute approximate surface area is 103 Å². The Balaban J connectivity index is 2.50. The van der Waals surface area contributed by atoms with Crippen molar-refractivity contribution in [2.75, 3.05) is 32.1 Å². The fourth-order valence-electron chi connectivity index (χ4n) is 2.08. The largest absolute Gasteiger partial charge is 0.344 e. The maximum absolute atomic E-state index is 12.1. The van der Waals surface area contributed by atoms with Crippen molar-refractivity contribution < 1.29 is 13.2 Å². The summed E-state index contributed by atoms with van der Waals surface area (Å²) in [6.07, 6.45) is 3.08. The van der Waals surface area contributed by atoms with Gasteiger partial charge in [-0.25, -0.2) is 8.42 Å². The van der Waals surface area contributed by atoms with Crippen LogP contribution in [0.2, 0.25) is 0 Å². The van der Waals surface area contributed by atoms with E-state index in [9.17, 15) is 13.2 Å². The lowest BCUT2D eigenvalue weighted by Crippen LogP contribution is -2.47. The molecule has 1 amide bonds. The first-order valence-corrected chi connectivity index (χ1v) is 8.03. The van der Waals surface area contributed by atoms with Gasteiger partial charge in [0.25, 0.3) is 0 Å². The first-order valence-electron chi connectivity index (χ1n) is 5.97. The molecule has 1 aliphatic rings. The highest BCUT2D eigenvalue weighted by Crippen LogP contribution is 2.18. The minimum atomic E-state index is -3.01. The predicted molar refractivity (Wildman–Crippen MR) is 67.5 cm³/mol. The third-order valence-corrected chi connectivity index (χ3v) is 4.18. The van der Waals surface area contributed by atoms with Gasteiger partial charge in [-0.15, -0.1) is 0 Å². The molecule has 1 N–H and O–H groups in total. The average molecular weight is 262 g/mol. The molecule has 100 valence electrons. The van der Waals surface area contributed by atoms with Gasteiger partial charge in [0.2, 0.25) is 5.91 Å². The van der Waals surface area contributed by atoms with Crippen molar-refractivity contribution in [2.45, 2.75) is 25.8 Å². The highest BCUT2D eigenvalue weighted by Gasteiger charge is 2.29. The Morgan fingerprint density at radius 3 is 2.65 bits per heavy atom. The van der Waals surface area contributed by atoms with E-state index in [1.807, 2.05) is 6.92 Å². The van der Waals surface area contributed by atoms with E-state index < -0.39 is 9.84 Å². The van der Waals surface area contributed by atoms with Crippen LogP contribution in [0.4, 0.5) is 0 Å². The van der Waals surface area contributed by atoms with Crippen molar-refractivity contribution in [3.8, 4) is 0 Å². The summed E-state index contributed by atoms with van der Waals surface area (Å²) in [5.74, 6) is 0.0608. The number of rotatable bonds is 4. The second-order valence-electron chi connectivity index (χ2n) is 4.88. The zero-order chi connectivity index (χ0) is 13.1. The van der Waals surface area contributed by atoms with Crippen LogP contribution in [0.1, 0.15) is 19.8 Å². The van der Waals surface area contributed by atoms with Gasteiger partial charge < -0.3 is 10.2 Å². The number of carbonyl (C=O) groups is 1. The highest BCUT2D eigenvalue weighted by molar-refractivity contribution is 7.90. The van der Waals surface area contributed by atoms with Gasteiger partial charge in [0.15, 0.2) is 0 Å². The summed E-state index contributed by atoms with van der Waals surface area (Å²) in [4.78, 5) is 13.7. The summed E-state index contributed by atoms with van der Waals surface area (Å²) in [6, 6.07) is 0.178. The third kappa shape index (κ3) is 4.63. The maximum atomic E-state index is 12.1. The fourth-order valence-corrected chi connectivity index (χ4v) is 2.68. The van der Waals surface area contributed by atoms with Gasteiger partial charge in [0.05, 0.1) is 11.7 Å². The fraction of sp³-hybridized carbons (Fsp3) is 0.909. The molecule has 6 heteroatoms. The molecule has 0 radical (unpaired) electrons. The summed E-state index contributed by atoms with van der Waals surface area (Å²) in [5.41, 5.74) is 0. The predicted octanol–water partition coefficient (Wildman–Crippen LogP) is -0.122. The van der Waals surface area contributed by atoms with E-state index in [2.05, 4.69) is 5.32 Å². The molecular formula is C11H22N2O3S. The number of hydrogen-bond acceptors (Lipinski definition) is 4. The molecule has 0 spiro atoms. The molecule has 0 aliphatic carbocycles. The van der Waals surface area contributed by atoms with Crippen molar-refractivity contribution in [1.82, 2.24) is 10.2 Å². The maximum Gasteiger partial charge on any atom is 0.227 e. The number of hydrogen-bond donors (Lipinski definition) is 1. The van der Waals surface area contributed by atoms with Crippen LogP contribution in [0.25, 0.3) is 0 Å². The Morgan fingerprint density at radius 2 is 2.12 bits per heavy atom. The van der Waals surface area contributed by atoms with Gasteiger partial charge in [0, 0.05) is 25.9 Å². The van der Waals surface area contributed by atoms with Crippen LogP contribution in [0.5, 0.6) is 0 Å². The lowest BCUT2D eigenvalue weighted by molar-refractivity contribution is -0.135. The van der Waals surface area contributed by atoms with E-state index in [-0.39, 0.29) is 30.2 Å². The minimum absolute atomic E-state index is 0.0201. The van der Waals surface area contributed by atoms with Crippen molar-refractivity contribution in [2.24, 2.45) is 5.92 Å². The molecule has 17 heavy (non-hydrogen) atoms. The first-order chi connectivity index (χ1) is 7.81. The summed E-state index contributed by atoms with van der Waals surface area (Å²) in [7, 11) is -1.33. The van der Waals surface area contributed by atoms with Crippen LogP contribution < -0.4 is 5.32 Å². The standard InChI is InChI=1S/C11H22N2O3S/c1-9-10(5-4-6-12-9)11(14)13(2)7-8-17(3,15)16/h9-10,12H,4-8H2,1-3H3. The van der Waals surface area contributed by atoms with E-state index in [1.54, 1.807) is 7.05 Å². The van der Waals surface area contributed by atoms with Crippen molar-refractivity contribution in [3.05, 3.63) is 0 Å². The number of sulfone groups is 1. The van der Waals surface area contributed by atoms with E-state index in [0.29, 0.717) is 0 Å². The number of nitrogens with zero attached hydrogens (tertiary/aromatic N) is 1. The van der Waals surface area contributed by atoms with E-state index in [0.717, 1.165) is 19.4 Å². The molecule has 0 saturated carbocycles. The van der Waals surface area contributed by atoms with Crippen molar-refractivity contribution >= 4 is 15.7 Å². The second kappa shape index (κ2) is 5.82. The van der Waals surface area contributed by atoms with Crippen LogP contribution in [0.3, 0.4) is 0 Å². The van der Waals surface area contributed by atoms with Gasteiger partial charge in [-0.3, -0.25) is 4.79 Å². The molecule has 1 heterocycles. The highest BCUT2D eigenvalue weighted by atomic mass is 32.2. The Bertz CT molecular complexity index is 367. The molecule has 0 aromatic rings. The molecule has 1 rings (SSSR count). The van der Waals surface area contributed by atoms with Gasteiger partial charge in [-0.1, -0.05) is 0 Å². The Hall–Kier alpha value is -0.620. The number of amides is 1. The molecule has 1 saturated heterocycles. The van der Waals surface area contributed by atoms with E-state index in [1.165, 1.54) is 11.2 Å². The van der Waals surface area contributed by atoms with Crippen molar-refractivity contribution in [1.29, 1.82) is 0 Å². The molecule has 0 aromatic heterocycles. The van der Waals surface area contributed by atoms with Crippen LogP contribution in [-0.4, -0.2) is 57.4 Å². The normalized spacial score (nSPS) is 25.6. The van der Waals surface area contributed by atoms with Crippen LogP contribution in [-0.2, 0) is 14.6 Å². The van der Waals surface area contributed by atoms with Gasteiger partial charge in [-0.05, 0) is 26.3 Å². The van der Waals surface area contributed by atoms with E-state index in [4.69, 9.17) is 0 Å². The van der Waals surface area contributed by atoms with E-state index >= 15 is 0 Å². The molecule has 1 aliphatic heterocycles. The summed E-state index contributed by atoms with van der Waals surface area (Å²) in [6.45, 7) is 3.24. The van der Waals surface area contributed by atoms with Gasteiger partial charge in [0.1, 0.15) is 9.84 Å². The van der Waals surface area contributed by atoms with Gasteiger partial charge in [-0.2, -0.15) is 0 Å². The molecule has 2 unspecified atom stereocenters. The molecule has 0 bridgehead atoms. The molecule has 2 atom stereocenters. The number of piperidine rings is 1. The number of carbonyl (C=O) groups excluding carboxylic acids is 1. The smallest absolute Gasteiger partial charge is 0.227 e. The first kappa shape index (κ1) is 14.4. The number of nitrogens with one attached hydrogen (secondary N) is 1. The summed E-state index contributed by atoms with van der Waals surface area (Å²) >= 11 is 0. The summed E-state index contributed by atoms with van der Waals surface area (Å²) in [5, 5.41) is 3.27. The zero-order valence-corrected chi connectivity index (χ0v) is 11.6. The van der Waals surface area contributed by atoms with Crippen molar-refractivity contribution in [3.63, 3.8) is 0 Å². The lowest BCUT2D eigenvalue weighted by Gasteiger charge is -2.32. The van der Waals surface area contributed by atoms with Crippen LogP contribution in [0.15, 0.2) is 0 Å². The molecular weight excluding hydrogens is 240 g/mol. The second-order valence-corrected chi connectivity index (χ2v) is 7.14. The topological polar surface area (TPSA) is 66.5 Å². The minimum Gasteiger partial charge on any atom is -0.344 e.